The van der Waals surface area contributed by atoms with E-state index in [1.807, 2.05) is 0 Å². The maximum Gasteiger partial charge on any atom is 0.240 e. The number of nitrogens with two attached hydrogens (primary N) is 1. The highest BCUT2D eigenvalue weighted by Gasteiger charge is 2.23. The standard InChI is InChI=1S/C13H19N3O3S2/c1-21(18,19)15-11-4-2-10(3-5-11)8-12(14)13(17)16-6-7-20-9-16/h2-5,12,15H,6-9,14H2,1H3/t12-/m0/s1. The Bertz CT molecular complexity index is 596. The molecule has 0 aromatic heterocycles. The minimum absolute atomic E-state index is 0.0293. The zero-order chi connectivity index (χ0) is 15.5. The lowest BCUT2D eigenvalue weighted by Crippen LogP contribution is -2.43. The third kappa shape index (κ3) is 4.90. The van der Waals surface area contributed by atoms with Crippen LogP contribution in [0.3, 0.4) is 0 Å². The highest BCUT2D eigenvalue weighted by molar-refractivity contribution is 7.99. The van der Waals surface area contributed by atoms with Gasteiger partial charge in [-0.25, -0.2) is 8.42 Å². The summed E-state index contributed by atoms with van der Waals surface area (Å²) in [7, 11) is -3.28. The van der Waals surface area contributed by atoms with E-state index in [1.165, 1.54) is 0 Å². The number of benzene rings is 1. The third-order valence-electron chi connectivity index (χ3n) is 3.09. The van der Waals surface area contributed by atoms with E-state index >= 15 is 0 Å². The van der Waals surface area contributed by atoms with Crippen molar-refractivity contribution in [1.82, 2.24) is 4.90 Å². The lowest BCUT2D eigenvalue weighted by Gasteiger charge is -2.19. The van der Waals surface area contributed by atoms with E-state index in [0.717, 1.165) is 24.1 Å². The molecule has 116 valence electrons. The first-order valence-electron chi connectivity index (χ1n) is 6.54. The molecule has 1 aliphatic heterocycles. The molecule has 0 unspecified atom stereocenters. The number of nitrogens with zero attached hydrogens (tertiary/aromatic N) is 1. The summed E-state index contributed by atoms with van der Waals surface area (Å²) in [6.45, 7) is 0.758. The Balaban J connectivity index is 1.94. The van der Waals surface area contributed by atoms with Crippen molar-refractivity contribution in [3.63, 3.8) is 0 Å². The van der Waals surface area contributed by atoms with Crippen LogP contribution in [0.2, 0.25) is 0 Å². The van der Waals surface area contributed by atoms with Crippen molar-refractivity contribution in [3.8, 4) is 0 Å². The van der Waals surface area contributed by atoms with Crippen LogP contribution >= 0.6 is 11.8 Å². The molecule has 1 atom stereocenters. The van der Waals surface area contributed by atoms with E-state index in [-0.39, 0.29) is 5.91 Å². The van der Waals surface area contributed by atoms with E-state index in [2.05, 4.69) is 4.72 Å². The lowest BCUT2D eigenvalue weighted by molar-refractivity contribution is -0.131. The molecular weight excluding hydrogens is 310 g/mol. The average molecular weight is 329 g/mol. The normalized spacial score (nSPS) is 16.8. The summed E-state index contributed by atoms with van der Waals surface area (Å²) in [4.78, 5) is 13.9. The Morgan fingerprint density at radius 2 is 2.10 bits per heavy atom. The summed E-state index contributed by atoms with van der Waals surface area (Å²) < 4.78 is 24.6. The van der Waals surface area contributed by atoms with Crippen molar-refractivity contribution in [2.75, 3.05) is 29.2 Å². The quantitative estimate of drug-likeness (QED) is 0.819. The van der Waals surface area contributed by atoms with Gasteiger partial charge in [0.05, 0.1) is 18.2 Å². The molecule has 3 N–H and O–H groups in total. The molecule has 0 bridgehead atoms. The summed E-state index contributed by atoms with van der Waals surface area (Å²) in [5.41, 5.74) is 7.36. The van der Waals surface area contributed by atoms with Crippen LogP contribution in [0.25, 0.3) is 0 Å². The van der Waals surface area contributed by atoms with Crippen LogP contribution in [-0.2, 0) is 21.2 Å². The summed E-state index contributed by atoms with van der Waals surface area (Å²) in [5.74, 6) is 1.65. The van der Waals surface area contributed by atoms with Crippen molar-refractivity contribution in [2.45, 2.75) is 12.5 Å². The number of rotatable bonds is 5. The fourth-order valence-electron chi connectivity index (χ4n) is 2.09. The predicted octanol–water partition coefficient (Wildman–Crippen LogP) is 0.461. The Morgan fingerprint density at radius 3 is 2.62 bits per heavy atom. The van der Waals surface area contributed by atoms with E-state index < -0.39 is 16.1 Å². The Morgan fingerprint density at radius 1 is 1.43 bits per heavy atom. The fourth-order valence-corrected chi connectivity index (χ4v) is 3.61. The van der Waals surface area contributed by atoms with Gasteiger partial charge >= 0.3 is 0 Å². The van der Waals surface area contributed by atoms with Gasteiger partial charge in [0, 0.05) is 18.0 Å². The summed E-state index contributed by atoms with van der Waals surface area (Å²) >= 11 is 1.73. The molecule has 8 heteroatoms. The molecule has 1 aliphatic rings. The Kier molecular flexibility index (Phi) is 5.13. The maximum atomic E-state index is 12.1. The monoisotopic (exact) mass is 329 g/mol. The second-order valence-electron chi connectivity index (χ2n) is 5.02. The van der Waals surface area contributed by atoms with Gasteiger partial charge in [0.15, 0.2) is 0 Å². The van der Waals surface area contributed by atoms with Gasteiger partial charge in [-0.1, -0.05) is 12.1 Å². The molecule has 21 heavy (non-hydrogen) atoms. The van der Waals surface area contributed by atoms with Gasteiger partial charge in [0.25, 0.3) is 0 Å². The molecule has 0 radical (unpaired) electrons. The van der Waals surface area contributed by atoms with Crippen LogP contribution in [0.1, 0.15) is 5.56 Å². The van der Waals surface area contributed by atoms with Crippen LogP contribution < -0.4 is 10.5 Å². The molecule has 6 nitrogen and oxygen atoms in total. The average Bonchev–Trinajstić information content (AvgIpc) is 2.92. The summed E-state index contributed by atoms with van der Waals surface area (Å²) in [5, 5.41) is 0. The smallest absolute Gasteiger partial charge is 0.240 e. The van der Waals surface area contributed by atoms with Crippen LogP contribution in [-0.4, -0.2) is 49.7 Å². The summed E-state index contributed by atoms with van der Waals surface area (Å²) in [6.07, 6.45) is 1.54. The fraction of sp³-hybridized carbons (Fsp3) is 0.462. The highest BCUT2D eigenvalue weighted by atomic mass is 32.2. The van der Waals surface area contributed by atoms with Crippen molar-refractivity contribution in [2.24, 2.45) is 5.73 Å². The largest absolute Gasteiger partial charge is 0.331 e. The molecule has 1 heterocycles. The van der Waals surface area contributed by atoms with E-state index in [1.54, 1.807) is 40.9 Å². The molecule has 0 spiro atoms. The summed E-state index contributed by atoms with van der Waals surface area (Å²) in [6, 6.07) is 6.33. The maximum absolute atomic E-state index is 12.1. The molecule has 0 saturated carbocycles. The number of amides is 1. The van der Waals surface area contributed by atoms with Crippen molar-refractivity contribution in [3.05, 3.63) is 29.8 Å². The van der Waals surface area contributed by atoms with Crippen LogP contribution in [0.5, 0.6) is 0 Å². The molecule has 1 aromatic carbocycles. The topological polar surface area (TPSA) is 92.5 Å². The number of nitrogens with one attached hydrogen (secondary N) is 1. The van der Waals surface area contributed by atoms with Crippen molar-refractivity contribution >= 4 is 33.4 Å². The van der Waals surface area contributed by atoms with Gasteiger partial charge in [0.1, 0.15) is 0 Å². The van der Waals surface area contributed by atoms with E-state index in [9.17, 15) is 13.2 Å². The molecule has 1 saturated heterocycles. The van der Waals surface area contributed by atoms with Gasteiger partial charge in [-0.05, 0) is 24.1 Å². The molecule has 1 fully saturated rings. The van der Waals surface area contributed by atoms with Gasteiger partial charge in [0.2, 0.25) is 15.9 Å². The van der Waals surface area contributed by atoms with Gasteiger partial charge in [-0.3, -0.25) is 9.52 Å². The van der Waals surface area contributed by atoms with E-state index in [0.29, 0.717) is 18.0 Å². The number of thioether (sulfide) groups is 1. The zero-order valence-corrected chi connectivity index (χ0v) is 13.4. The van der Waals surface area contributed by atoms with Gasteiger partial charge < -0.3 is 10.6 Å². The molecule has 0 aliphatic carbocycles. The van der Waals surface area contributed by atoms with Crippen LogP contribution in [0, 0.1) is 0 Å². The number of carbonyl (C=O) groups is 1. The second kappa shape index (κ2) is 6.67. The Hall–Kier alpha value is -1.25. The number of sulfonamides is 1. The predicted molar refractivity (Wildman–Crippen MR) is 85.6 cm³/mol. The second-order valence-corrected chi connectivity index (χ2v) is 7.84. The van der Waals surface area contributed by atoms with Gasteiger partial charge in [-0.2, -0.15) is 0 Å². The lowest BCUT2D eigenvalue weighted by atomic mass is 10.1. The molecule has 1 amide bonds. The minimum Gasteiger partial charge on any atom is -0.331 e. The zero-order valence-electron chi connectivity index (χ0n) is 11.8. The first-order valence-corrected chi connectivity index (χ1v) is 9.58. The number of hydrogen-bond acceptors (Lipinski definition) is 5. The minimum atomic E-state index is -3.28. The Labute approximate surface area is 129 Å². The van der Waals surface area contributed by atoms with Crippen LogP contribution in [0.4, 0.5) is 5.69 Å². The molecular formula is C13H19N3O3S2. The highest BCUT2D eigenvalue weighted by Crippen LogP contribution is 2.16. The number of anilines is 1. The molecule has 2 rings (SSSR count). The molecule has 1 aromatic rings. The van der Waals surface area contributed by atoms with Crippen molar-refractivity contribution in [1.29, 1.82) is 0 Å². The van der Waals surface area contributed by atoms with Crippen molar-refractivity contribution < 1.29 is 13.2 Å². The van der Waals surface area contributed by atoms with Gasteiger partial charge in [-0.15, -0.1) is 11.8 Å². The first-order chi connectivity index (χ1) is 9.85. The number of hydrogen-bond donors (Lipinski definition) is 2. The SMILES string of the molecule is CS(=O)(=O)Nc1ccc(C[C@H](N)C(=O)N2CCSC2)cc1. The first kappa shape index (κ1) is 16.1. The van der Waals surface area contributed by atoms with Crippen LogP contribution in [0.15, 0.2) is 24.3 Å². The third-order valence-corrected chi connectivity index (χ3v) is 4.67. The van der Waals surface area contributed by atoms with E-state index in [4.69, 9.17) is 5.73 Å². The number of carbonyl (C=O) groups excluding carboxylic acids is 1.